The topological polar surface area (TPSA) is 74.7 Å². The summed E-state index contributed by atoms with van der Waals surface area (Å²) in [6.45, 7) is 7.72. The molecule has 1 heterocycles. The molecule has 0 aliphatic rings. The van der Waals surface area contributed by atoms with Crippen molar-refractivity contribution in [2.24, 2.45) is 0 Å². The van der Waals surface area contributed by atoms with Crippen molar-refractivity contribution >= 4 is 11.9 Å². The maximum atomic E-state index is 11.9. The number of hydrogen-bond donors (Lipinski definition) is 0. The van der Waals surface area contributed by atoms with Crippen LogP contribution in [0.5, 0.6) is 5.88 Å². The highest BCUT2D eigenvalue weighted by atomic mass is 16.5. The summed E-state index contributed by atoms with van der Waals surface area (Å²) >= 11 is 0. The van der Waals surface area contributed by atoms with E-state index in [-0.39, 0.29) is 30.4 Å². The van der Waals surface area contributed by atoms with Crippen LogP contribution in [-0.2, 0) is 9.47 Å². The number of hydrogen-bond acceptors (Lipinski definition) is 6. The molecule has 0 amide bonds. The third-order valence-electron chi connectivity index (χ3n) is 2.43. The van der Waals surface area contributed by atoms with Crippen molar-refractivity contribution in [3.63, 3.8) is 0 Å². The zero-order valence-electron chi connectivity index (χ0n) is 12.2. The van der Waals surface area contributed by atoms with Crippen LogP contribution < -0.4 is 4.74 Å². The molecular formula is C14H19NO5. The summed E-state index contributed by atoms with van der Waals surface area (Å²) in [6.07, 6.45) is 0. The van der Waals surface area contributed by atoms with E-state index in [2.05, 4.69) is 4.98 Å². The van der Waals surface area contributed by atoms with E-state index in [9.17, 15) is 9.59 Å². The van der Waals surface area contributed by atoms with Gasteiger partial charge in [-0.15, -0.1) is 0 Å². The summed E-state index contributed by atoms with van der Waals surface area (Å²) in [5.74, 6) is -0.975. The fraction of sp³-hybridized carbons (Fsp3) is 0.500. The average molecular weight is 281 g/mol. The number of esters is 2. The molecule has 1 aromatic heterocycles. The number of ether oxygens (including phenoxy) is 3. The molecule has 0 N–H and O–H groups in total. The first kappa shape index (κ1) is 15.9. The highest BCUT2D eigenvalue weighted by molar-refractivity contribution is 5.95. The lowest BCUT2D eigenvalue weighted by Gasteiger charge is -2.12. The molecule has 0 radical (unpaired) electrons. The number of carbonyl (C=O) groups excluding carboxylic acids is 2. The van der Waals surface area contributed by atoms with Gasteiger partial charge in [-0.1, -0.05) is 0 Å². The quantitative estimate of drug-likeness (QED) is 0.744. The minimum atomic E-state index is -0.549. The summed E-state index contributed by atoms with van der Waals surface area (Å²) in [5.41, 5.74) is 0.910. The first-order valence-electron chi connectivity index (χ1n) is 6.53. The van der Waals surface area contributed by atoms with Gasteiger partial charge in [-0.3, -0.25) is 0 Å². The van der Waals surface area contributed by atoms with Crippen LogP contribution in [0.2, 0.25) is 0 Å². The van der Waals surface area contributed by atoms with Crippen LogP contribution in [0.3, 0.4) is 0 Å². The van der Waals surface area contributed by atoms with Crippen LogP contribution in [0.25, 0.3) is 0 Å². The van der Waals surface area contributed by atoms with Crippen LogP contribution in [0.15, 0.2) is 6.07 Å². The van der Waals surface area contributed by atoms with Gasteiger partial charge < -0.3 is 14.2 Å². The molecule has 1 rings (SSSR count). The van der Waals surface area contributed by atoms with Crippen molar-refractivity contribution in [2.75, 3.05) is 19.8 Å². The molecule has 0 spiro atoms. The maximum absolute atomic E-state index is 11.9. The lowest BCUT2D eigenvalue weighted by Crippen LogP contribution is -2.15. The molecular weight excluding hydrogens is 262 g/mol. The Labute approximate surface area is 118 Å². The van der Waals surface area contributed by atoms with Crippen molar-refractivity contribution in [3.05, 3.63) is 22.9 Å². The van der Waals surface area contributed by atoms with Crippen LogP contribution >= 0.6 is 0 Å². The number of nitrogens with zero attached hydrogens (tertiary/aromatic N) is 1. The SMILES string of the molecule is CCOC(=O)c1cc(C)c(C(=O)OCC)c(OCC)n1. The molecule has 0 bridgehead atoms. The highest BCUT2D eigenvalue weighted by Gasteiger charge is 2.22. The molecule has 110 valence electrons. The predicted molar refractivity (Wildman–Crippen MR) is 72.1 cm³/mol. The van der Waals surface area contributed by atoms with Gasteiger partial charge in [0.2, 0.25) is 5.88 Å². The van der Waals surface area contributed by atoms with Gasteiger partial charge in [0.1, 0.15) is 5.56 Å². The number of aromatic nitrogens is 1. The second-order valence-electron chi connectivity index (χ2n) is 3.88. The standard InChI is InChI=1S/C14H19NO5/c1-5-18-12-11(14(17)20-7-3)9(4)8-10(15-12)13(16)19-6-2/h8H,5-7H2,1-4H3. The molecule has 0 saturated heterocycles. The van der Waals surface area contributed by atoms with Gasteiger partial charge >= 0.3 is 11.9 Å². The fourth-order valence-electron chi connectivity index (χ4n) is 1.65. The van der Waals surface area contributed by atoms with E-state index < -0.39 is 11.9 Å². The summed E-state index contributed by atoms with van der Waals surface area (Å²) < 4.78 is 15.2. The number of carbonyl (C=O) groups is 2. The van der Waals surface area contributed by atoms with Crippen LogP contribution in [0.4, 0.5) is 0 Å². The van der Waals surface area contributed by atoms with E-state index >= 15 is 0 Å². The monoisotopic (exact) mass is 281 g/mol. The molecule has 0 saturated carbocycles. The number of rotatable bonds is 6. The first-order valence-corrected chi connectivity index (χ1v) is 6.53. The molecule has 0 aliphatic heterocycles. The fourth-order valence-corrected chi connectivity index (χ4v) is 1.65. The minimum absolute atomic E-state index is 0.0917. The van der Waals surface area contributed by atoms with E-state index in [1.807, 2.05) is 0 Å². The Morgan fingerprint density at radius 1 is 1.05 bits per heavy atom. The van der Waals surface area contributed by atoms with Gasteiger partial charge in [-0.2, -0.15) is 0 Å². The third kappa shape index (κ3) is 3.69. The van der Waals surface area contributed by atoms with Crippen LogP contribution in [-0.4, -0.2) is 36.7 Å². The Kier molecular flexibility index (Phi) is 5.96. The summed E-state index contributed by atoms with van der Waals surface area (Å²) in [5, 5.41) is 0. The molecule has 0 aromatic carbocycles. The first-order chi connectivity index (χ1) is 9.54. The van der Waals surface area contributed by atoms with Crippen molar-refractivity contribution in [1.29, 1.82) is 0 Å². The molecule has 20 heavy (non-hydrogen) atoms. The van der Waals surface area contributed by atoms with Gasteiger partial charge in [0.15, 0.2) is 5.69 Å². The normalized spacial score (nSPS) is 10.0. The van der Waals surface area contributed by atoms with E-state index in [0.717, 1.165) is 0 Å². The van der Waals surface area contributed by atoms with Gasteiger partial charge in [-0.05, 0) is 39.3 Å². The van der Waals surface area contributed by atoms with E-state index in [0.29, 0.717) is 12.2 Å². The molecule has 6 nitrogen and oxygen atoms in total. The van der Waals surface area contributed by atoms with Crippen molar-refractivity contribution in [2.45, 2.75) is 27.7 Å². The summed E-state index contributed by atoms with van der Waals surface area (Å²) in [6, 6.07) is 1.49. The van der Waals surface area contributed by atoms with Crippen molar-refractivity contribution in [3.8, 4) is 5.88 Å². The predicted octanol–water partition coefficient (Wildman–Crippen LogP) is 2.14. The zero-order chi connectivity index (χ0) is 15.1. The maximum Gasteiger partial charge on any atom is 0.357 e. The Balaban J connectivity index is 3.24. The molecule has 0 fully saturated rings. The lowest BCUT2D eigenvalue weighted by molar-refractivity contribution is 0.0499. The molecule has 6 heteroatoms. The number of pyridine rings is 1. The highest BCUT2D eigenvalue weighted by Crippen LogP contribution is 2.22. The van der Waals surface area contributed by atoms with Gasteiger partial charge in [0, 0.05) is 0 Å². The molecule has 0 atom stereocenters. The second kappa shape index (κ2) is 7.47. The van der Waals surface area contributed by atoms with Gasteiger partial charge in [0.25, 0.3) is 0 Å². The molecule has 0 aliphatic carbocycles. The van der Waals surface area contributed by atoms with Gasteiger partial charge in [-0.25, -0.2) is 14.6 Å². The van der Waals surface area contributed by atoms with Crippen molar-refractivity contribution < 1.29 is 23.8 Å². The molecule has 0 unspecified atom stereocenters. The smallest absolute Gasteiger partial charge is 0.357 e. The minimum Gasteiger partial charge on any atom is -0.477 e. The zero-order valence-corrected chi connectivity index (χ0v) is 12.2. The van der Waals surface area contributed by atoms with Crippen LogP contribution in [0, 0.1) is 6.92 Å². The summed E-state index contributed by atoms with van der Waals surface area (Å²) in [4.78, 5) is 27.7. The average Bonchev–Trinajstić information content (AvgIpc) is 2.39. The van der Waals surface area contributed by atoms with E-state index in [1.165, 1.54) is 6.07 Å². The van der Waals surface area contributed by atoms with E-state index in [4.69, 9.17) is 14.2 Å². The third-order valence-corrected chi connectivity index (χ3v) is 2.43. The molecule has 1 aromatic rings. The second-order valence-corrected chi connectivity index (χ2v) is 3.88. The lowest BCUT2D eigenvalue weighted by atomic mass is 10.1. The summed E-state index contributed by atoms with van der Waals surface area (Å²) in [7, 11) is 0. The Hall–Kier alpha value is -2.11. The van der Waals surface area contributed by atoms with Crippen molar-refractivity contribution in [1.82, 2.24) is 4.98 Å². The van der Waals surface area contributed by atoms with Gasteiger partial charge in [0.05, 0.1) is 19.8 Å². The van der Waals surface area contributed by atoms with E-state index in [1.54, 1.807) is 27.7 Å². The Bertz CT molecular complexity index is 499. The number of aryl methyl sites for hydroxylation is 1. The van der Waals surface area contributed by atoms with Crippen LogP contribution in [0.1, 0.15) is 47.2 Å². The largest absolute Gasteiger partial charge is 0.477 e. The Morgan fingerprint density at radius 3 is 2.20 bits per heavy atom. The Morgan fingerprint density at radius 2 is 1.65 bits per heavy atom.